The van der Waals surface area contributed by atoms with E-state index >= 15 is 0 Å². The second-order valence-corrected chi connectivity index (χ2v) is 8.18. The first-order chi connectivity index (χ1) is 14.0. The summed E-state index contributed by atoms with van der Waals surface area (Å²) in [7, 11) is 0. The van der Waals surface area contributed by atoms with Crippen LogP contribution < -0.4 is 5.73 Å². The third kappa shape index (κ3) is 5.27. The maximum atomic E-state index is 11.4. The molecule has 0 aliphatic heterocycles. The fourth-order valence-electron chi connectivity index (χ4n) is 3.10. The van der Waals surface area contributed by atoms with E-state index in [1.54, 1.807) is 23.6 Å². The van der Waals surface area contributed by atoms with Crippen molar-refractivity contribution in [3.8, 4) is 0 Å². The number of allylic oxidation sites excluding steroid dienone is 4. The van der Waals surface area contributed by atoms with Crippen LogP contribution in [-0.2, 0) is 6.42 Å². The number of hydrogen-bond acceptors (Lipinski definition) is 5. The Hall–Kier alpha value is -3.05. The molecule has 148 valence electrons. The van der Waals surface area contributed by atoms with Crippen molar-refractivity contribution in [2.45, 2.75) is 33.1 Å². The Bertz CT molecular complexity index is 1060. The van der Waals surface area contributed by atoms with Gasteiger partial charge in [0, 0.05) is 46.6 Å². The number of nitrogens with zero attached hydrogens (tertiary/aromatic N) is 1. The molecule has 0 saturated heterocycles. The second-order valence-electron chi connectivity index (χ2n) is 7.09. The van der Waals surface area contributed by atoms with Crippen LogP contribution in [0.3, 0.4) is 0 Å². The van der Waals surface area contributed by atoms with Crippen molar-refractivity contribution < 1.29 is 4.79 Å². The molecule has 0 spiro atoms. The Morgan fingerprint density at radius 3 is 2.66 bits per heavy atom. The Morgan fingerprint density at radius 2 is 2.00 bits per heavy atom. The molecular weight excluding hydrogens is 378 g/mol. The molecule has 3 rings (SSSR count). The van der Waals surface area contributed by atoms with Crippen LogP contribution in [0.5, 0.6) is 0 Å². The molecule has 0 aliphatic carbocycles. The third-order valence-corrected chi connectivity index (χ3v) is 5.89. The highest BCUT2D eigenvalue weighted by atomic mass is 32.1. The summed E-state index contributed by atoms with van der Waals surface area (Å²) >= 11 is 1.72. The van der Waals surface area contributed by atoms with Crippen LogP contribution in [0.15, 0.2) is 66.0 Å². The number of carbonyl (C=O) groups excluding carboxylic acids is 1. The molecule has 0 atom stereocenters. The zero-order chi connectivity index (χ0) is 20.8. The number of aryl methyl sites for hydroxylation is 1. The molecule has 0 bridgehead atoms. The van der Waals surface area contributed by atoms with Crippen molar-refractivity contribution in [2.75, 3.05) is 0 Å². The van der Waals surface area contributed by atoms with Crippen LogP contribution >= 0.6 is 11.3 Å². The predicted octanol–water partition coefficient (Wildman–Crippen LogP) is 5.79. The van der Waals surface area contributed by atoms with E-state index in [1.807, 2.05) is 18.2 Å². The lowest BCUT2D eigenvalue weighted by atomic mass is 10.0. The Kier molecular flexibility index (Phi) is 6.73. The highest BCUT2D eigenvalue weighted by Crippen LogP contribution is 2.33. The summed E-state index contributed by atoms with van der Waals surface area (Å²) < 4.78 is 1.23. The molecule has 0 unspecified atom stereocenters. The van der Waals surface area contributed by atoms with E-state index < -0.39 is 0 Å². The van der Waals surface area contributed by atoms with E-state index in [-0.39, 0.29) is 5.78 Å². The van der Waals surface area contributed by atoms with Gasteiger partial charge in [-0.2, -0.15) is 0 Å². The van der Waals surface area contributed by atoms with E-state index in [4.69, 9.17) is 11.1 Å². The van der Waals surface area contributed by atoms with Crippen molar-refractivity contribution >= 4 is 39.0 Å². The Morgan fingerprint density at radius 1 is 1.21 bits per heavy atom. The zero-order valence-electron chi connectivity index (χ0n) is 16.7. The smallest absolute Gasteiger partial charge is 0.178 e. The number of aromatic nitrogens is 1. The van der Waals surface area contributed by atoms with Crippen LogP contribution in [0, 0.1) is 5.41 Å². The van der Waals surface area contributed by atoms with E-state index in [9.17, 15) is 4.79 Å². The van der Waals surface area contributed by atoms with Gasteiger partial charge in [0.15, 0.2) is 5.78 Å². The number of ketones is 1. The van der Waals surface area contributed by atoms with Gasteiger partial charge in [-0.25, -0.2) is 0 Å². The number of carbonyl (C=O) groups is 1. The van der Waals surface area contributed by atoms with Crippen molar-refractivity contribution in [1.29, 1.82) is 5.41 Å². The number of thiophene rings is 1. The molecule has 0 fully saturated rings. The van der Waals surface area contributed by atoms with Gasteiger partial charge in [0.1, 0.15) is 5.69 Å². The minimum atomic E-state index is -0.0209. The van der Waals surface area contributed by atoms with E-state index in [2.05, 4.69) is 36.2 Å². The fraction of sp³-hybridized carbons (Fsp3) is 0.208. The first-order valence-electron chi connectivity index (χ1n) is 9.57. The van der Waals surface area contributed by atoms with Gasteiger partial charge in [-0.05, 0) is 48.9 Å². The number of Topliss-reactive ketones (excluding diaryl/α,β-unsaturated/α-hetero) is 1. The summed E-state index contributed by atoms with van der Waals surface area (Å²) in [6, 6.07) is 14.2. The highest BCUT2D eigenvalue weighted by Gasteiger charge is 2.10. The summed E-state index contributed by atoms with van der Waals surface area (Å²) in [5.41, 5.74) is 10.8. The molecule has 3 aromatic rings. The van der Waals surface area contributed by atoms with Gasteiger partial charge < -0.3 is 11.1 Å². The molecule has 4 nitrogen and oxygen atoms in total. The topological polar surface area (TPSA) is 79.8 Å². The van der Waals surface area contributed by atoms with Gasteiger partial charge in [-0.15, -0.1) is 11.3 Å². The average Bonchev–Trinajstić information content (AvgIpc) is 3.14. The summed E-state index contributed by atoms with van der Waals surface area (Å²) in [5, 5.41) is 8.64. The molecule has 2 heterocycles. The van der Waals surface area contributed by atoms with Gasteiger partial charge in [0.25, 0.3) is 0 Å². The molecule has 0 aliphatic rings. The SMILES string of the molecule is CC(=O)c1ccc(CC/C(C)=C/C(=C(/N)CC=N)c2cc3ccccc3s2)cn1. The number of benzene rings is 1. The summed E-state index contributed by atoms with van der Waals surface area (Å²) in [6.45, 7) is 3.62. The largest absolute Gasteiger partial charge is 0.401 e. The summed E-state index contributed by atoms with van der Waals surface area (Å²) in [5.74, 6) is -0.0209. The van der Waals surface area contributed by atoms with Crippen molar-refractivity contribution in [2.24, 2.45) is 5.73 Å². The van der Waals surface area contributed by atoms with Crippen molar-refractivity contribution in [3.63, 3.8) is 0 Å². The van der Waals surface area contributed by atoms with E-state index in [0.29, 0.717) is 17.8 Å². The number of nitrogens with two attached hydrogens (primary N) is 1. The van der Waals surface area contributed by atoms with Crippen LogP contribution in [0.25, 0.3) is 15.7 Å². The maximum absolute atomic E-state index is 11.4. The lowest BCUT2D eigenvalue weighted by Gasteiger charge is -2.08. The second kappa shape index (κ2) is 9.43. The molecule has 2 aromatic heterocycles. The minimum absolute atomic E-state index is 0.0209. The summed E-state index contributed by atoms with van der Waals surface area (Å²) in [6.07, 6.45) is 7.40. The molecule has 0 amide bonds. The molecule has 0 saturated carbocycles. The molecule has 0 radical (unpaired) electrons. The van der Waals surface area contributed by atoms with Gasteiger partial charge >= 0.3 is 0 Å². The van der Waals surface area contributed by atoms with Crippen LogP contribution in [0.2, 0.25) is 0 Å². The number of pyridine rings is 1. The average molecular weight is 404 g/mol. The van der Waals surface area contributed by atoms with Gasteiger partial charge in [-0.3, -0.25) is 9.78 Å². The molecular formula is C24H25N3OS. The van der Waals surface area contributed by atoms with Crippen molar-refractivity contribution in [3.05, 3.63) is 82.1 Å². The molecule has 5 heteroatoms. The third-order valence-electron chi connectivity index (χ3n) is 4.74. The Labute approximate surface area is 175 Å². The van der Waals surface area contributed by atoms with Gasteiger partial charge in [0.2, 0.25) is 0 Å². The highest BCUT2D eigenvalue weighted by molar-refractivity contribution is 7.20. The molecule has 1 aromatic carbocycles. The molecule has 29 heavy (non-hydrogen) atoms. The number of fused-ring (bicyclic) bond motifs is 1. The zero-order valence-corrected chi connectivity index (χ0v) is 17.6. The van der Waals surface area contributed by atoms with Gasteiger partial charge in [-0.1, -0.05) is 35.9 Å². The van der Waals surface area contributed by atoms with Crippen LogP contribution in [0.1, 0.15) is 47.6 Å². The normalized spacial score (nSPS) is 12.7. The first-order valence-corrected chi connectivity index (χ1v) is 10.4. The minimum Gasteiger partial charge on any atom is -0.401 e. The lowest BCUT2D eigenvalue weighted by Crippen LogP contribution is -2.01. The monoisotopic (exact) mass is 403 g/mol. The van der Waals surface area contributed by atoms with E-state index in [1.165, 1.54) is 28.8 Å². The number of nitrogens with one attached hydrogen (secondary N) is 1. The standard InChI is InChI=1S/C24H25N3OS/c1-16(7-8-18-9-10-22(17(2)28)27-15-18)13-20(21(26)11-12-25)24-14-19-5-3-4-6-23(19)29-24/h3-6,9-10,12-15,25H,7-8,11,26H2,1-2H3/b16-13+,21-20-,25-12?. The fourth-order valence-corrected chi connectivity index (χ4v) is 4.21. The molecule has 3 N–H and O–H groups in total. The summed E-state index contributed by atoms with van der Waals surface area (Å²) in [4.78, 5) is 16.7. The van der Waals surface area contributed by atoms with Crippen molar-refractivity contribution in [1.82, 2.24) is 4.98 Å². The van der Waals surface area contributed by atoms with Crippen LogP contribution in [0.4, 0.5) is 0 Å². The Balaban J connectivity index is 1.82. The lowest BCUT2D eigenvalue weighted by molar-refractivity contribution is 0.101. The number of rotatable bonds is 8. The van der Waals surface area contributed by atoms with E-state index in [0.717, 1.165) is 28.9 Å². The quantitative estimate of drug-likeness (QED) is 0.284. The van der Waals surface area contributed by atoms with Crippen LogP contribution in [-0.4, -0.2) is 17.0 Å². The predicted molar refractivity (Wildman–Crippen MR) is 123 cm³/mol. The van der Waals surface area contributed by atoms with Gasteiger partial charge in [0.05, 0.1) is 0 Å². The number of hydrogen-bond donors (Lipinski definition) is 2. The maximum Gasteiger partial charge on any atom is 0.178 e. The first kappa shape index (κ1) is 20.7.